The van der Waals surface area contributed by atoms with Crippen molar-refractivity contribution < 1.29 is 17.9 Å². The summed E-state index contributed by atoms with van der Waals surface area (Å²) in [5, 5.41) is 0. The number of ether oxygens (including phenoxy) is 1. The van der Waals surface area contributed by atoms with Crippen molar-refractivity contribution >= 4 is 16.1 Å². The van der Waals surface area contributed by atoms with Gasteiger partial charge in [0.2, 0.25) is 0 Å². The van der Waals surface area contributed by atoms with Gasteiger partial charge in [-0.1, -0.05) is 6.92 Å². The predicted octanol–water partition coefficient (Wildman–Crippen LogP) is 1.82. The van der Waals surface area contributed by atoms with Crippen LogP contribution in [0.5, 0.6) is 5.75 Å². The minimum atomic E-state index is -3.36. The Labute approximate surface area is 156 Å². The van der Waals surface area contributed by atoms with Gasteiger partial charge < -0.3 is 9.64 Å². The summed E-state index contributed by atoms with van der Waals surface area (Å²) in [6.45, 7) is 3.66. The molecule has 0 spiro atoms. The van der Waals surface area contributed by atoms with Crippen molar-refractivity contribution in [2.24, 2.45) is 0 Å². The van der Waals surface area contributed by atoms with Gasteiger partial charge in [-0.3, -0.25) is 4.79 Å². The maximum atomic E-state index is 12.2. The standard InChI is InChI=1S/C18H29N3O4S/c1-5-12-20(4)18(22)15-6-8-16(9-7-15)25-17-10-13-21(14-11-17)26(23,24)19(2)3/h6-9,17H,5,10-14H2,1-4H3. The Morgan fingerprint density at radius 2 is 1.73 bits per heavy atom. The highest BCUT2D eigenvalue weighted by Gasteiger charge is 2.30. The number of hydrogen-bond acceptors (Lipinski definition) is 4. The lowest BCUT2D eigenvalue weighted by Crippen LogP contribution is -2.46. The second-order valence-electron chi connectivity index (χ2n) is 6.76. The second-order valence-corrected chi connectivity index (χ2v) is 8.90. The molecule has 0 unspecified atom stereocenters. The SMILES string of the molecule is CCCN(C)C(=O)c1ccc(OC2CCN(S(=O)(=O)N(C)C)CC2)cc1. The van der Waals surface area contributed by atoms with Crippen molar-refractivity contribution in [3.05, 3.63) is 29.8 Å². The van der Waals surface area contributed by atoms with Crippen LogP contribution in [0.2, 0.25) is 0 Å². The molecular formula is C18H29N3O4S. The van der Waals surface area contributed by atoms with E-state index in [1.165, 1.54) is 8.61 Å². The van der Waals surface area contributed by atoms with Crippen LogP contribution >= 0.6 is 0 Å². The summed E-state index contributed by atoms with van der Waals surface area (Å²) in [5.41, 5.74) is 0.639. The van der Waals surface area contributed by atoms with Gasteiger partial charge in [-0.25, -0.2) is 0 Å². The van der Waals surface area contributed by atoms with Gasteiger partial charge in [-0.2, -0.15) is 17.0 Å². The predicted molar refractivity (Wildman–Crippen MR) is 102 cm³/mol. The summed E-state index contributed by atoms with van der Waals surface area (Å²) in [4.78, 5) is 13.9. The third-order valence-corrected chi connectivity index (χ3v) is 6.44. The quantitative estimate of drug-likeness (QED) is 0.720. The zero-order valence-electron chi connectivity index (χ0n) is 16.0. The fourth-order valence-corrected chi connectivity index (χ4v) is 4.07. The largest absolute Gasteiger partial charge is 0.490 e. The van der Waals surface area contributed by atoms with Gasteiger partial charge in [-0.05, 0) is 43.5 Å². The van der Waals surface area contributed by atoms with Crippen LogP contribution in [0.25, 0.3) is 0 Å². The zero-order chi connectivity index (χ0) is 19.3. The van der Waals surface area contributed by atoms with Gasteiger partial charge in [0.25, 0.3) is 16.1 Å². The van der Waals surface area contributed by atoms with Gasteiger partial charge >= 0.3 is 0 Å². The summed E-state index contributed by atoms with van der Waals surface area (Å²) in [5.74, 6) is 0.703. The van der Waals surface area contributed by atoms with Crippen LogP contribution in [0, 0.1) is 0 Å². The Morgan fingerprint density at radius 3 is 2.23 bits per heavy atom. The fraction of sp³-hybridized carbons (Fsp3) is 0.611. The first-order valence-corrected chi connectivity index (χ1v) is 10.3. The number of hydrogen-bond donors (Lipinski definition) is 0. The molecule has 1 saturated heterocycles. The lowest BCUT2D eigenvalue weighted by atomic mass is 10.1. The maximum Gasteiger partial charge on any atom is 0.281 e. The Morgan fingerprint density at radius 1 is 1.15 bits per heavy atom. The van der Waals surface area contributed by atoms with Crippen molar-refractivity contribution in [1.29, 1.82) is 0 Å². The van der Waals surface area contributed by atoms with E-state index in [1.807, 2.05) is 6.92 Å². The van der Waals surface area contributed by atoms with Gasteiger partial charge in [0.05, 0.1) is 0 Å². The number of piperidine rings is 1. The average Bonchev–Trinajstić information content (AvgIpc) is 2.62. The molecule has 0 radical (unpaired) electrons. The molecule has 0 aliphatic carbocycles. The molecule has 0 N–H and O–H groups in total. The molecule has 1 amide bonds. The van der Waals surface area contributed by atoms with E-state index >= 15 is 0 Å². The molecule has 1 fully saturated rings. The molecule has 0 saturated carbocycles. The average molecular weight is 384 g/mol. The topological polar surface area (TPSA) is 70.2 Å². The van der Waals surface area contributed by atoms with E-state index in [9.17, 15) is 13.2 Å². The van der Waals surface area contributed by atoms with E-state index in [2.05, 4.69) is 0 Å². The third kappa shape index (κ3) is 4.96. The summed E-state index contributed by atoms with van der Waals surface area (Å²) >= 11 is 0. The van der Waals surface area contributed by atoms with E-state index in [0.717, 1.165) is 13.0 Å². The molecule has 1 aliphatic rings. The van der Waals surface area contributed by atoms with Crippen molar-refractivity contribution in [2.75, 3.05) is 40.8 Å². The molecule has 1 aromatic carbocycles. The Bertz CT molecular complexity index is 696. The molecule has 146 valence electrons. The minimum absolute atomic E-state index is 0.000556. The van der Waals surface area contributed by atoms with E-state index in [-0.39, 0.29) is 12.0 Å². The lowest BCUT2D eigenvalue weighted by molar-refractivity contribution is 0.0795. The molecule has 7 nitrogen and oxygen atoms in total. The molecule has 1 heterocycles. The van der Waals surface area contributed by atoms with Crippen LogP contribution in [0.4, 0.5) is 0 Å². The molecule has 0 atom stereocenters. The monoisotopic (exact) mass is 383 g/mol. The smallest absolute Gasteiger partial charge is 0.281 e. The summed E-state index contributed by atoms with van der Waals surface area (Å²) in [6.07, 6.45) is 2.19. The highest BCUT2D eigenvalue weighted by Crippen LogP contribution is 2.22. The maximum absolute atomic E-state index is 12.2. The fourth-order valence-electron chi connectivity index (χ4n) is 2.94. The first-order chi connectivity index (χ1) is 12.3. The van der Waals surface area contributed by atoms with Gasteiger partial charge in [0.15, 0.2) is 0 Å². The molecule has 26 heavy (non-hydrogen) atoms. The second kappa shape index (κ2) is 8.83. The third-order valence-electron chi connectivity index (χ3n) is 4.50. The molecule has 8 heteroatoms. The number of carbonyl (C=O) groups excluding carboxylic acids is 1. The first-order valence-electron chi connectivity index (χ1n) is 8.95. The molecule has 0 aromatic heterocycles. The molecule has 1 aromatic rings. The van der Waals surface area contributed by atoms with Crippen LogP contribution in [0.1, 0.15) is 36.5 Å². The van der Waals surface area contributed by atoms with Crippen molar-refractivity contribution in [3.8, 4) is 5.75 Å². The van der Waals surface area contributed by atoms with Crippen molar-refractivity contribution in [1.82, 2.24) is 13.5 Å². The number of nitrogens with zero attached hydrogens (tertiary/aromatic N) is 3. The molecule has 0 bridgehead atoms. The normalized spacial score (nSPS) is 16.7. The molecule has 1 aliphatic heterocycles. The van der Waals surface area contributed by atoms with Gasteiger partial charge in [0, 0.05) is 46.3 Å². The number of amides is 1. The van der Waals surface area contributed by atoms with E-state index < -0.39 is 10.2 Å². The summed E-state index contributed by atoms with van der Waals surface area (Å²) in [7, 11) is 1.52. The van der Waals surface area contributed by atoms with E-state index in [0.29, 0.717) is 37.2 Å². The van der Waals surface area contributed by atoms with Crippen molar-refractivity contribution in [2.45, 2.75) is 32.3 Å². The van der Waals surface area contributed by atoms with Crippen molar-refractivity contribution in [3.63, 3.8) is 0 Å². The minimum Gasteiger partial charge on any atom is -0.490 e. The van der Waals surface area contributed by atoms with Crippen LogP contribution in [0.3, 0.4) is 0 Å². The Balaban J connectivity index is 1.90. The zero-order valence-corrected chi connectivity index (χ0v) is 16.8. The molecule has 2 rings (SSSR count). The van der Waals surface area contributed by atoms with Crippen LogP contribution in [-0.4, -0.2) is 74.7 Å². The van der Waals surface area contributed by atoms with Gasteiger partial charge in [0.1, 0.15) is 11.9 Å². The number of benzene rings is 1. The lowest BCUT2D eigenvalue weighted by Gasteiger charge is -2.32. The highest BCUT2D eigenvalue weighted by atomic mass is 32.2. The summed E-state index contributed by atoms with van der Waals surface area (Å²) in [6, 6.07) is 7.15. The Kier molecular flexibility index (Phi) is 7.02. The van der Waals surface area contributed by atoms with E-state index in [4.69, 9.17) is 4.74 Å². The highest BCUT2D eigenvalue weighted by molar-refractivity contribution is 7.86. The van der Waals surface area contributed by atoms with Gasteiger partial charge in [-0.15, -0.1) is 0 Å². The van der Waals surface area contributed by atoms with Crippen LogP contribution in [-0.2, 0) is 10.2 Å². The van der Waals surface area contributed by atoms with Crippen LogP contribution < -0.4 is 4.74 Å². The van der Waals surface area contributed by atoms with Crippen LogP contribution in [0.15, 0.2) is 24.3 Å². The summed E-state index contributed by atoms with van der Waals surface area (Å²) < 4.78 is 32.9. The number of carbonyl (C=O) groups is 1. The molecular weight excluding hydrogens is 354 g/mol. The first kappa shape index (κ1) is 20.7. The number of rotatable bonds is 7. The Hall–Kier alpha value is -1.64. The van der Waals surface area contributed by atoms with E-state index in [1.54, 1.807) is 50.3 Å².